The van der Waals surface area contributed by atoms with E-state index in [9.17, 15) is 4.79 Å². The summed E-state index contributed by atoms with van der Waals surface area (Å²) in [5, 5.41) is 2.80. The van der Waals surface area contributed by atoms with Crippen LogP contribution in [0, 0.1) is 6.92 Å². The number of amides is 1. The zero-order valence-electron chi connectivity index (χ0n) is 8.84. The van der Waals surface area contributed by atoms with Crippen LogP contribution in [-0.4, -0.2) is 19.6 Å². The zero-order valence-corrected chi connectivity index (χ0v) is 10.4. The van der Waals surface area contributed by atoms with Crippen LogP contribution in [0.25, 0.3) is 0 Å². The van der Waals surface area contributed by atoms with Gasteiger partial charge < -0.3 is 10.1 Å². The van der Waals surface area contributed by atoms with Gasteiger partial charge in [-0.2, -0.15) is 0 Å². The minimum Gasteiger partial charge on any atom is -0.384 e. The summed E-state index contributed by atoms with van der Waals surface area (Å²) in [4.78, 5) is 11.4. The smallest absolute Gasteiger partial charge is 0.226 e. The molecule has 0 aromatic heterocycles. The van der Waals surface area contributed by atoms with Crippen molar-refractivity contribution in [3.05, 3.63) is 28.2 Å². The molecule has 0 radical (unpaired) electrons. The molecule has 0 saturated heterocycles. The van der Waals surface area contributed by atoms with Crippen molar-refractivity contribution in [3.63, 3.8) is 0 Å². The number of ether oxygens (including phenoxy) is 1. The number of nitrogens with one attached hydrogen (secondary N) is 1. The van der Waals surface area contributed by atoms with Gasteiger partial charge in [-0.15, -0.1) is 0 Å². The minimum atomic E-state index is -0.0346. The molecule has 1 amide bonds. The summed E-state index contributed by atoms with van der Waals surface area (Å²) in [5.74, 6) is -0.0346. The van der Waals surface area contributed by atoms with Crippen molar-refractivity contribution >= 4 is 27.5 Å². The molecule has 82 valence electrons. The van der Waals surface area contributed by atoms with Crippen molar-refractivity contribution in [1.82, 2.24) is 0 Å². The second kappa shape index (κ2) is 5.88. The molecule has 0 aliphatic carbocycles. The number of rotatable bonds is 4. The van der Waals surface area contributed by atoms with Gasteiger partial charge in [0.15, 0.2) is 0 Å². The molecule has 1 aromatic rings. The molecule has 0 aliphatic rings. The first-order chi connectivity index (χ1) is 7.13. The van der Waals surface area contributed by atoms with Gasteiger partial charge in [0.05, 0.1) is 13.0 Å². The van der Waals surface area contributed by atoms with E-state index >= 15 is 0 Å². The number of carbonyl (C=O) groups is 1. The Labute approximate surface area is 97.9 Å². The number of hydrogen-bond acceptors (Lipinski definition) is 2. The number of benzene rings is 1. The number of carbonyl (C=O) groups excluding carboxylic acids is 1. The van der Waals surface area contributed by atoms with Crippen LogP contribution in [-0.2, 0) is 9.53 Å². The summed E-state index contributed by atoms with van der Waals surface area (Å²) in [5.41, 5.74) is 1.94. The van der Waals surface area contributed by atoms with Crippen LogP contribution < -0.4 is 5.32 Å². The summed E-state index contributed by atoms with van der Waals surface area (Å²) < 4.78 is 5.82. The summed E-state index contributed by atoms with van der Waals surface area (Å²) in [6.07, 6.45) is 0.377. The molecule has 0 heterocycles. The average molecular weight is 272 g/mol. The fourth-order valence-electron chi connectivity index (χ4n) is 1.09. The largest absolute Gasteiger partial charge is 0.384 e. The number of methoxy groups -OCH3 is 1. The molecule has 1 aromatic carbocycles. The summed E-state index contributed by atoms with van der Waals surface area (Å²) in [7, 11) is 1.58. The second-order valence-electron chi connectivity index (χ2n) is 3.25. The van der Waals surface area contributed by atoms with E-state index in [4.69, 9.17) is 4.74 Å². The van der Waals surface area contributed by atoms with E-state index in [1.54, 1.807) is 7.11 Å². The monoisotopic (exact) mass is 271 g/mol. The lowest BCUT2D eigenvalue weighted by atomic mass is 10.2. The lowest BCUT2D eigenvalue weighted by Crippen LogP contribution is -2.13. The highest BCUT2D eigenvalue weighted by atomic mass is 79.9. The molecular weight excluding hydrogens is 258 g/mol. The Morgan fingerprint density at radius 2 is 2.27 bits per heavy atom. The van der Waals surface area contributed by atoms with E-state index in [1.807, 2.05) is 25.1 Å². The molecule has 0 unspecified atom stereocenters. The number of hydrogen-bond donors (Lipinski definition) is 1. The van der Waals surface area contributed by atoms with Crippen LogP contribution in [0.5, 0.6) is 0 Å². The Bertz CT molecular complexity index is 352. The summed E-state index contributed by atoms with van der Waals surface area (Å²) in [6.45, 7) is 2.44. The van der Waals surface area contributed by atoms with Crippen molar-refractivity contribution in [2.75, 3.05) is 19.0 Å². The van der Waals surface area contributed by atoms with Crippen molar-refractivity contribution in [2.45, 2.75) is 13.3 Å². The molecule has 1 N–H and O–H groups in total. The highest BCUT2D eigenvalue weighted by Gasteiger charge is 2.02. The van der Waals surface area contributed by atoms with Crippen molar-refractivity contribution in [1.29, 1.82) is 0 Å². The van der Waals surface area contributed by atoms with Gasteiger partial charge in [0.2, 0.25) is 5.91 Å². The summed E-state index contributed by atoms with van der Waals surface area (Å²) in [6, 6.07) is 5.72. The predicted molar refractivity (Wildman–Crippen MR) is 64.0 cm³/mol. The Morgan fingerprint density at radius 1 is 1.53 bits per heavy atom. The molecular formula is C11H14BrNO2. The quantitative estimate of drug-likeness (QED) is 0.915. The first kappa shape index (κ1) is 12.2. The average Bonchev–Trinajstić information content (AvgIpc) is 2.20. The van der Waals surface area contributed by atoms with Crippen LogP contribution in [0.3, 0.4) is 0 Å². The third-order valence-corrected chi connectivity index (χ3v) is 2.84. The van der Waals surface area contributed by atoms with Gasteiger partial charge in [-0.1, -0.05) is 22.0 Å². The van der Waals surface area contributed by atoms with E-state index in [1.165, 1.54) is 0 Å². The molecule has 15 heavy (non-hydrogen) atoms. The van der Waals surface area contributed by atoms with E-state index in [-0.39, 0.29) is 5.91 Å². The normalized spacial score (nSPS) is 10.1. The van der Waals surface area contributed by atoms with Crippen molar-refractivity contribution in [2.24, 2.45) is 0 Å². The third kappa shape index (κ3) is 4.01. The SMILES string of the molecule is COCCC(=O)Nc1ccc(C)c(Br)c1. The van der Waals surface area contributed by atoms with Gasteiger partial charge in [-0.05, 0) is 24.6 Å². The lowest BCUT2D eigenvalue weighted by molar-refractivity contribution is -0.117. The van der Waals surface area contributed by atoms with E-state index in [0.29, 0.717) is 13.0 Å². The van der Waals surface area contributed by atoms with Gasteiger partial charge >= 0.3 is 0 Å². The fourth-order valence-corrected chi connectivity index (χ4v) is 1.47. The van der Waals surface area contributed by atoms with Crippen LogP contribution in [0.15, 0.2) is 22.7 Å². The first-order valence-electron chi connectivity index (χ1n) is 4.68. The molecule has 0 fully saturated rings. The highest BCUT2D eigenvalue weighted by molar-refractivity contribution is 9.10. The molecule has 0 atom stereocenters. The van der Waals surface area contributed by atoms with E-state index in [2.05, 4.69) is 21.2 Å². The van der Waals surface area contributed by atoms with Crippen molar-refractivity contribution in [3.8, 4) is 0 Å². The van der Waals surface area contributed by atoms with E-state index in [0.717, 1.165) is 15.7 Å². The van der Waals surface area contributed by atoms with Crippen molar-refractivity contribution < 1.29 is 9.53 Å². The summed E-state index contributed by atoms with van der Waals surface area (Å²) >= 11 is 3.41. The van der Waals surface area contributed by atoms with Crippen LogP contribution >= 0.6 is 15.9 Å². The van der Waals surface area contributed by atoms with Crippen LogP contribution in [0.4, 0.5) is 5.69 Å². The molecule has 0 aliphatic heterocycles. The molecule has 0 bridgehead atoms. The predicted octanol–water partition coefficient (Wildman–Crippen LogP) is 2.73. The molecule has 4 heteroatoms. The first-order valence-corrected chi connectivity index (χ1v) is 5.47. The second-order valence-corrected chi connectivity index (χ2v) is 4.11. The van der Waals surface area contributed by atoms with Gasteiger partial charge in [0.1, 0.15) is 0 Å². The molecule has 0 spiro atoms. The molecule has 3 nitrogen and oxygen atoms in total. The van der Waals surface area contributed by atoms with Crippen LogP contribution in [0.1, 0.15) is 12.0 Å². The Kier molecular flexibility index (Phi) is 4.78. The molecule has 0 saturated carbocycles. The fraction of sp³-hybridized carbons (Fsp3) is 0.364. The minimum absolute atomic E-state index is 0.0346. The molecule has 1 rings (SSSR count). The maximum atomic E-state index is 11.4. The van der Waals surface area contributed by atoms with Gasteiger partial charge in [-0.25, -0.2) is 0 Å². The van der Waals surface area contributed by atoms with Gasteiger partial charge in [-0.3, -0.25) is 4.79 Å². The standard InChI is InChI=1S/C11H14BrNO2/c1-8-3-4-9(7-10(8)12)13-11(14)5-6-15-2/h3-4,7H,5-6H2,1-2H3,(H,13,14). The Balaban J connectivity index is 2.57. The van der Waals surface area contributed by atoms with Crippen LogP contribution in [0.2, 0.25) is 0 Å². The maximum Gasteiger partial charge on any atom is 0.226 e. The Hall–Kier alpha value is -0.870. The van der Waals surface area contributed by atoms with E-state index < -0.39 is 0 Å². The topological polar surface area (TPSA) is 38.3 Å². The zero-order chi connectivity index (χ0) is 11.3. The number of anilines is 1. The number of halogens is 1. The Morgan fingerprint density at radius 3 is 2.87 bits per heavy atom. The van der Waals surface area contributed by atoms with Gasteiger partial charge in [0.25, 0.3) is 0 Å². The third-order valence-electron chi connectivity index (χ3n) is 1.99. The number of aryl methyl sites for hydroxylation is 1. The highest BCUT2D eigenvalue weighted by Crippen LogP contribution is 2.20. The maximum absolute atomic E-state index is 11.4. The lowest BCUT2D eigenvalue weighted by Gasteiger charge is -2.06. The van der Waals surface area contributed by atoms with Gasteiger partial charge in [0, 0.05) is 17.3 Å².